The lowest BCUT2D eigenvalue weighted by Crippen LogP contribution is -2.05. The summed E-state index contributed by atoms with van der Waals surface area (Å²) in [5.41, 5.74) is 2.18. The molecule has 0 aliphatic heterocycles. The van der Waals surface area contributed by atoms with Crippen LogP contribution in [0.2, 0.25) is 0 Å². The number of hydrogen-bond donors (Lipinski definition) is 1. The van der Waals surface area contributed by atoms with Gasteiger partial charge in [-0.25, -0.2) is 0 Å². The number of benzene rings is 1. The van der Waals surface area contributed by atoms with Crippen LogP contribution in [0.5, 0.6) is 5.75 Å². The van der Waals surface area contributed by atoms with Crippen molar-refractivity contribution in [3.63, 3.8) is 0 Å². The van der Waals surface area contributed by atoms with Gasteiger partial charge in [-0.05, 0) is 50.5 Å². The molecule has 1 N–H and O–H groups in total. The van der Waals surface area contributed by atoms with E-state index in [2.05, 4.69) is 22.5 Å². The first-order valence-electron chi connectivity index (χ1n) is 7.06. The highest BCUT2D eigenvalue weighted by molar-refractivity contribution is 7.71. The van der Waals surface area contributed by atoms with Gasteiger partial charge in [-0.1, -0.05) is 18.9 Å². The number of ether oxygens (including phenoxy) is 1. The van der Waals surface area contributed by atoms with Gasteiger partial charge in [-0.3, -0.25) is 0 Å². The van der Waals surface area contributed by atoms with Crippen molar-refractivity contribution in [3.05, 3.63) is 23.0 Å². The monoisotopic (exact) mass is 276 g/mol. The summed E-state index contributed by atoms with van der Waals surface area (Å²) in [6, 6.07) is 6.60. The van der Waals surface area contributed by atoms with Crippen LogP contribution < -0.4 is 4.74 Å². The first kappa shape index (κ1) is 12.7. The molecule has 3 nitrogen and oxygen atoms in total. The van der Waals surface area contributed by atoms with Crippen molar-refractivity contribution in [2.75, 3.05) is 6.61 Å². The number of fused-ring (bicyclic) bond motifs is 1. The van der Waals surface area contributed by atoms with E-state index in [1.165, 1.54) is 19.3 Å². The van der Waals surface area contributed by atoms with Crippen LogP contribution in [0.4, 0.5) is 0 Å². The Morgan fingerprint density at radius 1 is 1.47 bits per heavy atom. The highest BCUT2D eigenvalue weighted by Gasteiger charge is 2.25. The van der Waals surface area contributed by atoms with Crippen LogP contribution in [-0.2, 0) is 0 Å². The standard InChI is InChI=1S/C15H20N2OS/c1-3-18-13-6-4-5-12-14(13)16-15(19)17(12)10(2)9-11-7-8-11/h4-6,10-11H,3,7-9H2,1-2H3,(H,16,19). The molecule has 0 amide bonds. The minimum absolute atomic E-state index is 0.450. The van der Waals surface area contributed by atoms with E-state index in [0.29, 0.717) is 12.6 Å². The first-order chi connectivity index (χ1) is 9.20. The summed E-state index contributed by atoms with van der Waals surface area (Å²) in [6.07, 6.45) is 3.98. The van der Waals surface area contributed by atoms with Gasteiger partial charge in [0.1, 0.15) is 11.3 Å². The number of H-pyrrole nitrogens is 1. The van der Waals surface area contributed by atoms with Gasteiger partial charge >= 0.3 is 0 Å². The van der Waals surface area contributed by atoms with E-state index in [-0.39, 0.29) is 0 Å². The van der Waals surface area contributed by atoms with Gasteiger partial charge in [0.05, 0.1) is 12.1 Å². The fourth-order valence-electron chi connectivity index (χ4n) is 2.78. The lowest BCUT2D eigenvalue weighted by atomic mass is 10.1. The Morgan fingerprint density at radius 2 is 2.26 bits per heavy atom. The molecule has 1 atom stereocenters. The zero-order chi connectivity index (χ0) is 13.4. The maximum atomic E-state index is 5.67. The molecule has 0 radical (unpaired) electrons. The van der Waals surface area contributed by atoms with Gasteiger partial charge in [0.15, 0.2) is 4.77 Å². The first-order valence-corrected chi connectivity index (χ1v) is 7.47. The van der Waals surface area contributed by atoms with E-state index in [4.69, 9.17) is 17.0 Å². The minimum Gasteiger partial charge on any atom is -0.492 e. The predicted molar refractivity (Wildman–Crippen MR) is 80.3 cm³/mol. The third kappa shape index (κ3) is 2.41. The highest BCUT2D eigenvalue weighted by Crippen LogP contribution is 2.38. The molecule has 1 aliphatic carbocycles. The van der Waals surface area contributed by atoms with Crippen molar-refractivity contribution in [1.82, 2.24) is 9.55 Å². The molecular weight excluding hydrogens is 256 g/mol. The van der Waals surface area contributed by atoms with E-state index in [0.717, 1.165) is 27.5 Å². The summed E-state index contributed by atoms with van der Waals surface area (Å²) in [7, 11) is 0. The van der Waals surface area contributed by atoms with Gasteiger partial charge in [-0.2, -0.15) is 0 Å². The number of aromatic nitrogens is 2. The molecule has 2 aromatic rings. The number of aromatic amines is 1. The molecule has 1 aromatic heterocycles. The van der Waals surface area contributed by atoms with Crippen molar-refractivity contribution in [2.45, 2.75) is 39.2 Å². The summed E-state index contributed by atoms with van der Waals surface area (Å²) < 4.78 is 8.71. The zero-order valence-electron chi connectivity index (χ0n) is 11.5. The van der Waals surface area contributed by atoms with Crippen molar-refractivity contribution >= 4 is 23.3 Å². The van der Waals surface area contributed by atoms with Gasteiger partial charge in [0, 0.05) is 6.04 Å². The predicted octanol–water partition coefficient (Wildman–Crippen LogP) is 4.46. The van der Waals surface area contributed by atoms with Gasteiger partial charge in [-0.15, -0.1) is 0 Å². The second-order valence-corrected chi connectivity index (χ2v) is 5.80. The summed E-state index contributed by atoms with van der Waals surface area (Å²) in [5.74, 6) is 1.79. The molecular formula is C15H20N2OS. The van der Waals surface area contributed by atoms with Crippen molar-refractivity contribution in [3.8, 4) is 5.75 Å². The van der Waals surface area contributed by atoms with Crippen LogP contribution >= 0.6 is 12.2 Å². The van der Waals surface area contributed by atoms with Crippen molar-refractivity contribution < 1.29 is 4.74 Å². The second kappa shape index (κ2) is 5.00. The summed E-state index contributed by atoms with van der Waals surface area (Å²) >= 11 is 5.50. The fourth-order valence-corrected chi connectivity index (χ4v) is 3.16. The summed E-state index contributed by atoms with van der Waals surface area (Å²) in [6.45, 7) is 4.93. The Bertz CT molecular complexity index is 639. The molecule has 3 rings (SSSR count). The van der Waals surface area contributed by atoms with Gasteiger partial charge in [0.2, 0.25) is 0 Å². The van der Waals surface area contributed by atoms with Crippen LogP contribution in [0, 0.1) is 10.7 Å². The van der Waals surface area contributed by atoms with E-state index < -0.39 is 0 Å². The molecule has 0 bridgehead atoms. The summed E-state index contributed by atoms with van der Waals surface area (Å²) in [4.78, 5) is 3.31. The molecule has 1 unspecified atom stereocenters. The minimum atomic E-state index is 0.450. The smallest absolute Gasteiger partial charge is 0.178 e. The molecule has 1 aliphatic rings. The molecule has 1 aromatic carbocycles. The average molecular weight is 276 g/mol. The highest BCUT2D eigenvalue weighted by atomic mass is 32.1. The fraction of sp³-hybridized carbons (Fsp3) is 0.533. The Hall–Kier alpha value is -1.29. The van der Waals surface area contributed by atoms with Crippen molar-refractivity contribution in [1.29, 1.82) is 0 Å². The number of para-hydroxylation sites is 1. The molecule has 1 heterocycles. The molecule has 1 saturated carbocycles. The second-order valence-electron chi connectivity index (χ2n) is 5.41. The SMILES string of the molecule is CCOc1cccc2c1[nH]c(=S)n2C(C)CC1CC1. The van der Waals surface area contributed by atoms with Crippen LogP contribution in [-0.4, -0.2) is 16.2 Å². The lowest BCUT2D eigenvalue weighted by Gasteiger charge is -2.14. The molecule has 4 heteroatoms. The zero-order valence-corrected chi connectivity index (χ0v) is 12.3. The van der Waals surface area contributed by atoms with Crippen LogP contribution in [0.15, 0.2) is 18.2 Å². The van der Waals surface area contributed by atoms with Crippen LogP contribution in [0.25, 0.3) is 11.0 Å². The van der Waals surface area contributed by atoms with Gasteiger partial charge in [0.25, 0.3) is 0 Å². The molecule has 19 heavy (non-hydrogen) atoms. The molecule has 1 fully saturated rings. The Kier molecular flexibility index (Phi) is 3.35. The Labute approximate surface area is 118 Å². The topological polar surface area (TPSA) is 29.9 Å². The third-order valence-corrected chi connectivity index (χ3v) is 4.13. The number of rotatable bonds is 5. The van der Waals surface area contributed by atoms with E-state index >= 15 is 0 Å². The third-order valence-electron chi connectivity index (χ3n) is 3.83. The number of hydrogen-bond acceptors (Lipinski definition) is 2. The van der Waals surface area contributed by atoms with E-state index in [1.54, 1.807) is 0 Å². The normalized spacial score (nSPS) is 16.7. The molecule has 0 spiro atoms. The quantitative estimate of drug-likeness (QED) is 0.817. The maximum absolute atomic E-state index is 5.67. The van der Waals surface area contributed by atoms with Gasteiger partial charge < -0.3 is 14.3 Å². The number of imidazole rings is 1. The largest absolute Gasteiger partial charge is 0.492 e. The van der Waals surface area contributed by atoms with Crippen LogP contribution in [0.1, 0.15) is 39.2 Å². The maximum Gasteiger partial charge on any atom is 0.178 e. The molecule has 102 valence electrons. The lowest BCUT2D eigenvalue weighted by molar-refractivity contribution is 0.343. The number of nitrogens with one attached hydrogen (secondary N) is 1. The van der Waals surface area contributed by atoms with Crippen molar-refractivity contribution in [2.24, 2.45) is 5.92 Å². The van der Waals surface area contributed by atoms with Crippen LogP contribution in [0.3, 0.4) is 0 Å². The summed E-state index contributed by atoms with van der Waals surface area (Å²) in [5, 5.41) is 0. The van der Waals surface area contributed by atoms with E-state index in [9.17, 15) is 0 Å². The Balaban J connectivity index is 2.05. The average Bonchev–Trinajstić information content (AvgIpc) is 3.10. The van der Waals surface area contributed by atoms with E-state index in [1.807, 2.05) is 19.1 Å². The Morgan fingerprint density at radius 3 is 2.95 bits per heavy atom. The number of nitrogens with zero attached hydrogens (tertiary/aromatic N) is 1. The molecule has 0 saturated heterocycles.